The average molecular weight is 479 g/mol. The summed E-state index contributed by atoms with van der Waals surface area (Å²) in [5, 5.41) is 2.58. The molecule has 2 aromatic carbocycles. The smallest absolute Gasteiger partial charge is 0.339 e. The van der Waals surface area contributed by atoms with E-state index in [4.69, 9.17) is 9.47 Å². The van der Waals surface area contributed by atoms with Crippen molar-refractivity contribution in [3.8, 4) is 5.75 Å². The monoisotopic (exact) mass is 478 g/mol. The van der Waals surface area contributed by atoms with E-state index < -0.39 is 27.9 Å². The van der Waals surface area contributed by atoms with Crippen LogP contribution in [-0.2, 0) is 24.3 Å². The maximum absolute atomic E-state index is 12.5. The van der Waals surface area contributed by atoms with Crippen LogP contribution in [0, 0.1) is 0 Å². The SMILES string of the molecule is COC(=O)c1ccc(C(=O)OC)c(NC(=O)CCCN(c2ccccc2OC)S(C)(=O)=O)c1. The highest BCUT2D eigenvalue weighted by atomic mass is 32.2. The molecule has 0 saturated heterocycles. The molecule has 0 aliphatic carbocycles. The van der Waals surface area contributed by atoms with Gasteiger partial charge in [0.25, 0.3) is 0 Å². The average Bonchev–Trinajstić information content (AvgIpc) is 2.80. The van der Waals surface area contributed by atoms with E-state index >= 15 is 0 Å². The predicted molar refractivity (Wildman–Crippen MR) is 122 cm³/mol. The van der Waals surface area contributed by atoms with E-state index in [2.05, 4.69) is 10.1 Å². The van der Waals surface area contributed by atoms with Crippen LogP contribution in [0.2, 0.25) is 0 Å². The number of anilines is 2. The van der Waals surface area contributed by atoms with Crippen LogP contribution in [0.5, 0.6) is 5.75 Å². The number of methoxy groups -OCH3 is 3. The van der Waals surface area contributed by atoms with Crippen LogP contribution in [-0.4, -0.2) is 60.4 Å². The van der Waals surface area contributed by atoms with Crippen molar-refractivity contribution >= 4 is 39.2 Å². The van der Waals surface area contributed by atoms with Gasteiger partial charge in [0.2, 0.25) is 15.9 Å². The molecule has 33 heavy (non-hydrogen) atoms. The van der Waals surface area contributed by atoms with Crippen molar-refractivity contribution in [1.29, 1.82) is 0 Å². The van der Waals surface area contributed by atoms with E-state index in [0.29, 0.717) is 11.4 Å². The second-order valence-corrected chi connectivity index (χ2v) is 8.81. The summed E-state index contributed by atoms with van der Waals surface area (Å²) in [6.45, 7) is 0.0265. The number of esters is 2. The molecule has 0 aliphatic heterocycles. The molecule has 0 atom stereocenters. The van der Waals surface area contributed by atoms with Crippen LogP contribution in [0.15, 0.2) is 42.5 Å². The third-order valence-corrected chi connectivity index (χ3v) is 5.82. The minimum atomic E-state index is -3.64. The summed E-state index contributed by atoms with van der Waals surface area (Å²) in [6, 6.07) is 10.7. The predicted octanol–water partition coefficient (Wildman–Crippen LogP) is 2.45. The van der Waals surface area contributed by atoms with Crippen molar-refractivity contribution in [1.82, 2.24) is 0 Å². The van der Waals surface area contributed by atoms with Crippen LogP contribution in [0.1, 0.15) is 33.6 Å². The molecule has 178 valence electrons. The van der Waals surface area contributed by atoms with Gasteiger partial charge in [0.15, 0.2) is 0 Å². The third kappa shape index (κ3) is 6.69. The molecule has 0 aromatic heterocycles. The van der Waals surface area contributed by atoms with Gasteiger partial charge in [0.05, 0.1) is 50.1 Å². The molecule has 1 N–H and O–H groups in total. The fourth-order valence-electron chi connectivity index (χ4n) is 3.08. The highest BCUT2D eigenvalue weighted by Gasteiger charge is 2.22. The quantitative estimate of drug-likeness (QED) is 0.516. The zero-order valence-electron chi connectivity index (χ0n) is 18.8. The van der Waals surface area contributed by atoms with Gasteiger partial charge in [-0.3, -0.25) is 9.10 Å². The Morgan fingerprint density at radius 1 is 0.970 bits per heavy atom. The van der Waals surface area contributed by atoms with Gasteiger partial charge in [0.1, 0.15) is 5.75 Å². The van der Waals surface area contributed by atoms with Crippen LogP contribution >= 0.6 is 0 Å². The first-order valence-electron chi connectivity index (χ1n) is 9.83. The molecule has 10 nitrogen and oxygen atoms in total. The van der Waals surface area contributed by atoms with Gasteiger partial charge >= 0.3 is 11.9 Å². The Hall–Kier alpha value is -3.60. The summed E-state index contributed by atoms with van der Waals surface area (Å²) < 4.78 is 40.4. The summed E-state index contributed by atoms with van der Waals surface area (Å²) in [6.07, 6.45) is 1.20. The molecule has 2 aromatic rings. The standard InChI is InChI=1S/C22H26N2O8S/c1-30-19-9-6-5-8-18(19)24(33(4,28)29)13-7-10-20(25)23-17-14-15(21(26)31-2)11-12-16(17)22(27)32-3/h5-6,8-9,11-12,14H,7,10,13H2,1-4H3,(H,23,25). The van der Waals surface area contributed by atoms with E-state index in [9.17, 15) is 22.8 Å². The van der Waals surface area contributed by atoms with Gasteiger partial charge in [0, 0.05) is 13.0 Å². The highest BCUT2D eigenvalue weighted by Crippen LogP contribution is 2.29. The number of ether oxygens (including phenoxy) is 3. The normalized spacial score (nSPS) is 10.8. The van der Waals surface area contributed by atoms with Crippen LogP contribution in [0.4, 0.5) is 11.4 Å². The van der Waals surface area contributed by atoms with E-state index in [1.54, 1.807) is 24.3 Å². The summed E-state index contributed by atoms with van der Waals surface area (Å²) >= 11 is 0. The second-order valence-electron chi connectivity index (χ2n) is 6.90. The Balaban J connectivity index is 2.16. The molecule has 0 fully saturated rings. The molecule has 0 aliphatic rings. The van der Waals surface area contributed by atoms with E-state index in [1.165, 1.54) is 39.5 Å². The lowest BCUT2D eigenvalue weighted by atomic mass is 10.1. The number of nitrogens with zero attached hydrogens (tertiary/aromatic N) is 1. The minimum absolute atomic E-state index is 0.0265. The molecule has 0 saturated carbocycles. The van der Waals surface area contributed by atoms with Crippen molar-refractivity contribution in [2.75, 3.05) is 43.8 Å². The molecular formula is C22H26N2O8S. The summed E-state index contributed by atoms with van der Waals surface area (Å²) in [5.41, 5.74) is 0.645. The summed E-state index contributed by atoms with van der Waals surface area (Å²) in [4.78, 5) is 36.4. The first-order valence-corrected chi connectivity index (χ1v) is 11.7. The number of sulfonamides is 1. The number of rotatable bonds is 10. The van der Waals surface area contributed by atoms with Crippen molar-refractivity contribution in [2.24, 2.45) is 0 Å². The highest BCUT2D eigenvalue weighted by molar-refractivity contribution is 7.92. The molecule has 0 spiro atoms. The third-order valence-electron chi connectivity index (χ3n) is 4.64. The van der Waals surface area contributed by atoms with Gasteiger partial charge in [-0.1, -0.05) is 12.1 Å². The van der Waals surface area contributed by atoms with Crippen molar-refractivity contribution in [3.63, 3.8) is 0 Å². The number of hydrogen-bond acceptors (Lipinski definition) is 8. The molecule has 0 bridgehead atoms. The fourth-order valence-corrected chi connectivity index (χ4v) is 4.05. The van der Waals surface area contributed by atoms with Gasteiger partial charge in [-0.05, 0) is 36.8 Å². The number of hydrogen-bond donors (Lipinski definition) is 1. The van der Waals surface area contributed by atoms with Gasteiger partial charge in [-0.25, -0.2) is 18.0 Å². The number of carbonyl (C=O) groups excluding carboxylic acids is 3. The molecule has 2 rings (SSSR count). The number of nitrogens with one attached hydrogen (secondary N) is 1. The maximum Gasteiger partial charge on any atom is 0.339 e. The second kappa shape index (κ2) is 11.3. The lowest BCUT2D eigenvalue weighted by Crippen LogP contribution is -2.31. The number of amides is 1. The van der Waals surface area contributed by atoms with Crippen molar-refractivity contribution < 1.29 is 37.0 Å². The molecule has 0 heterocycles. The minimum Gasteiger partial charge on any atom is -0.495 e. The lowest BCUT2D eigenvalue weighted by Gasteiger charge is -2.24. The largest absolute Gasteiger partial charge is 0.495 e. The fraction of sp³-hybridized carbons (Fsp3) is 0.318. The van der Waals surface area contributed by atoms with E-state index in [0.717, 1.165) is 10.6 Å². The number of para-hydroxylation sites is 2. The lowest BCUT2D eigenvalue weighted by molar-refractivity contribution is -0.116. The van der Waals surface area contributed by atoms with Gasteiger partial charge < -0.3 is 19.5 Å². The Labute approximate surface area is 192 Å². The van der Waals surface area contributed by atoms with Crippen molar-refractivity contribution in [2.45, 2.75) is 12.8 Å². The summed E-state index contributed by atoms with van der Waals surface area (Å²) in [5.74, 6) is -1.42. The first kappa shape index (κ1) is 25.7. The Morgan fingerprint density at radius 3 is 2.24 bits per heavy atom. The number of benzene rings is 2. The first-order chi connectivity index (χ1) is 15.6. The molecule has 1 amide bonds. The topological polar surface area (TPSA) is 128 Å². The Kier molecular flexibility index (Phi) is 8.80. The van der Waals surface area contributed by atoms with Gasteiger partial charge in [-0.2, -0.15) is 0 Å². The van der Waals surface area contributed by atoms with Crippen LogP contribution in [0.25, 0.3) is 0 Å². The molecule has 0 unspecified atom stereocenters. The van der Waals surface area contributed by atoms with E-state index in [1.807, 2.05) is 0 Å². The number of carbonyl (C=O) groups is 3. The Bertz CT molecular complexity index is 1130. The summed E-state index contributed by atoms with van der Waals surface area (Å²) in [7, 11) is 0.207. The zero-order valence-corrected chi connectivity index (χ0v) is 19.6. The molecule has 11 heteroatoms. The molecular weight excluding hydrogens is 452 g/mol. The van der Waals surface area contributed by atoms with Gasteiger partial charge in [-0.15, -0.1) is 0 Å². The van der Waals surface area contributed by atoms with Crippen LogP contribution in [0.3, 0.4) is 0 Å². The van der Waals surface area contributed by atoms with E-state index in [-0.39, 0.29) is 36.2 Å². The zero-order chi connectivity index (χ0) is 24.6. The molecule has 0 radical (unpaired) electrons. The maximum atomic E-state index is 12.5. The van der Waals surface area contributed by atoms with Crippen molar-refractivity contribution in [3.05, 3.63) is 53.6 Å². The van der Waals surface area contributed by atoms with Crippen LogP contribution < -0.4 is 14.4 Å². The Morgan fingerprint density at radius 2 is 1.64 bits per heavy atom.